The first-order valence-electron chi connectivity index (χ1n) is 17.1. The molecule has 0 heterocycles. The van der Waals surface area contributed by atoms with Gasteiger partial charge in [0.1, 0.15) is 4.90 Å². The fourth-order valence-electron chi connectivity index (χ4n) is 4.86. The van der Waals surface area contributed by atoms with Crippen molar-refractivity contribution in [2.45, 2.75) is 147 Å². The van der Waals surface area contributed by atoms with Gasteiger partial charge in [0.15, 0.2) is 0 Å². The zero-order valence-corrected chi connectivity index (χ0v) is 28.2. The molecule has 0 amide bonds. The number of esters is 2. The summed E-state index contributed by atoms with van der Waals surface area (Å²) in [6.07, 6.45) is 30.6. The summed E-state index contributed by atoms with van der Waals surface area (Å²) in [5.74, 6) is -1.77. The monoisotopic (exact) mass is 634 g/mol. The van der Waals surface area contributed by atoms with Gasteiger partial charge in [0.25, 0.3) is 10.1 Å². The van der Waals surface area contributed by atoms with Gasteiger partial charge in [0, 0.05) is 0 Å². The van der Waals surface area contributed by atoms with Crippen molar-refractivity contribution >= 4 is 22.1 Å². The Bertz CT molecular complexity index is 1080. The van der Waals surface area contributed by atoms with Gasteiger partial charge in [-0.2, -0.15) is 8.42 Å². The first kappa shape index (κ1) is 39.6. The van der Waals surface area contributed by atoms with Crippen molar-refractivity contribution in [2.75, 3.05) is 13.2 Å². The van der Waals surface area contributed by atoms with E-state index in [0.29, 0.717) is 12.8 Å². The van der Waals surface area contributed by atoms with E-state index >= 15 is 0 Å². The van der Waals surface area contributed by atoms with Gasteiger partial charge in [-0.15, -0.1) is 0 Å². The van der Waals surface area contributed by atoms with E-state index in [4.69, 9.17) is 9.47 Å². The molecule has 0 atom stereocenters. The molecule has 0 saturated carbocycles. The molecule has 1 N–H and O–H groups in total. The molecule has 0 bridgehead atoms. The third-order valence-electron chi connectivity index (χ3n) is 7.51. The lowest BCUT2D eigenvalue weighted by Gasteiger charge is -2.13. The number of unbranched alkanes of at least 4 members (excludes halogenated alkanes) is 16. The third kappa shape index (κ3) is 19.0. The highest BCUT2D eigenvalue weighted by Crippen LogP contribution is 2.23. The average Bonchev–Trinajstić information content (AvgIpc) is 3.00. The number of allylic oxidation sites excluding steroid dienone is 4. The molecule has 0 aliphatic rings. The first-order valence-corrected chi connectivity index (χ1v) is 18.5. The van der Waals surface area contributed by atoms with Crippen molar-refractivity contribution in [3.63, 3.8) is 0 Å². The highest BCUT2D eigenvalue weighted by Gasteiger charge is 2.28. The number of hydrogen-bond acceptors (Lipinski definition) is 6. The standard InChI is InChI=1S/C36H58O7S/c1-3-5-7-9-11-13-15-17-19-21-23-25-30-42-35(37)32-28-27-29-33(44(39,40)41)34(32)36(38)43-31-26-24-22-20-18-16-14-12-10-8-6-4-2/h9-12,27-29H,3-8,13-26,30-31H2,1-2H3,(H,39,40,41)/b11-9+,12-10+. The molecule has 0 spiro atoms. The number of carbonyl (C=O) groups excluding carboxylic acids is 2. The van der Waals surface area contributed by atoms with Crippen LogP contribution < -0.4 is 0 Å². The van der Waals surface area contributed by atoms with Crippen LogP contribution in [0.25, 0.3) is 0 Å². The second kappa shape index (κ2) is 25.8. The normalized spacial score (nSPS) is 11.9. The van der Waals surface area contributed by atoms with Crippen LogP contribution >= 0.6 is 0 Å². The lowest BCUT2D eigenvalue weighted by Crippen LogP contribution is -2.19. The van der Waals surface area contributed by atoms with Crippen molar-refractivity contribution in [1.82, 2.24) is 0 Å². The molecule has 0 aliphatic carbocycles. The summed E-state index contributed by atoms with van der Waals surface area (Å²) in [4.78, 5) is 25.1. The van der Waals surface area contributed by atoms with Crippen LogP contribution in [0.1, 0.15) is 163 Å². The SMILES string of the molecule is CCCC/C=C/CCCCCCCCOC(=O)c1cccc(S(=O)(=O)O)c1C(=O)OCCCCCCCC/C=C/CCCC. The number of carbonyl (C=O) groups is 2. The van der Waals surface area contributed by atoms with Crippen LogP contribution in [0.4, 0.5) is 0 Å². The molecule has 0 saturated heterocycles. The molecule has 0 unspecified atom stereocenters. The van der Waals surface area contributed by atoms with E-state index in [1.165, 1.54) is 57.1 Å². The predicted molar refractivity (Wildman–Crippen MR) is 179 cm³/mol. The van der Waals surface area contributed by atoms with Crippen molar-refractivity contribution in [3.8, 4) is 0 Å². The quantitative estimate of drug-likeness (QED) is 0.0444. The minimum atomic E-state index is -4.76. The van der Waals surface area contributed by atoms with Crippen molar-refractivity contribution < 1.29 is 32.0 Å². The van der Waals surface area contributed by atoms with Gasteiger partial charge >= 0.3 is 11.9 Å². The molecular formula is C36H58O7S. The van der Waals surface area contributed by atoms with E-state index in [1.54, 1.807) is 0 Å². The Labute approximate surface area is 267 Å². The molecule has 250 valence electrons. The van der Waals surface area contributed by atoms with E-state index in [-0.39, 0.29) is 18.8 Å². The van der Waals surface area contributed by atoms with Crippen LogP contribution in [-0.4, -0.2) is 38.1 Å². The summed E-state index contributed by atoms with van der Waals surface area (Å²) in [6, 6.07) is 3.71. The topological polar surface area (TPSA) is 107 Å². The largest absolute Gasteiger partial charge is 0.462 e. The Morgan fingerprint density at radius 1 is 0.614 bits per heavy atom. The van der Waals surface area contributed by atoms with Gasteiger partial charge in [-0.05, 0) is 63.5 Å². The van der Waals surface area contributed by atoms with Gasteiger partial charge < -0.3 is 9.47 Å². The van der Waals surface area contributed by atoms with E-state index in [2.05, 4.69) is 38.2 Å². The molecule has 1 rings (SSSR count). The molecule has 0 aromatic heterocycles. The molecular weight excluding hydrogens is 576 g/mol. The van der Waals surface area contributed by atoms with Crippen LogP contribution in [0.15, 0.2) is 47.4 Å². The van der Waals surface area contributed by atoms with Gasteiger partial charge in [0.2, 0.25) is 0 Å². The van der Waals surface area contributed by atoms with Crippen LogP contribution in [0.5, 0.6) is 0 Å². The van der Waals surface area contributed by atoms with Gasteiger partial charge in [-0.25, -0.2) is 9.59 Å². The lowest BCUT2D eigenvalue weighted by atomic mass is 10.1. The lowest BCUT2D eigenvalue weighted by molar-refractivity contribution is 0.0446. The molecule has 0 radical (unpaired) electrons. The second-order valence-electron chi connectivity index (χ2n) is 11.5. The van der Waals surface area contributed by atoms with E-state index in [0.717, 1.165) is 76.7 Å². The number of rotatable bonds is 27. The molecule has 0 fully saturated rings. The minimum Gasteiger partial charge on any atom is -0.462 e. The Morgan fingerprint density at radius 2 is 1.02 bits per heavy atom. The smallest absolute Gasteiger partial charge is 0.340 e. The molecule has 8 heteroatoms. The highest BCUT2D eigenvalue weighted by atomic mass is 32.2. The molecule has 44 heavy (non-hydrogen) atoms. The van der Waals surface area contributed by atoms with Crippen molar-refractivity contribution in [1.29, 1.82) is 0 Å². The summed E-state index contributed by atoms with van der Waals surface area (Å²) in [5.41, 5.74) is -0.698. The number of hydrogen-bond donors (Lipinski definition) is 1. The van der Waals surface area contributed by atoms with Crippen LogP contribution in [-0.2, 0) is 19.6 Å². The molecule has 0 aliphatic heterocycles. The van der Waals surface area contributed by atoms with Crippen molar-refractivity contribution in [2.24, 2.45) is 0 Å². The Hall–Kier alpha value is -2.45. The molecule has 1 aromatic carbocycles. The average molecular weight is 635 g/mol. The molecule has 1 aromatic rings. The second-order valence-corrected chi connectivity index (χ2v) is 12.9. The summed E-state index contributed by atoms with van der Waals surface area (Å²) >= 11 is 0. The van der Waals surface area contributed by atoms with Gasteiger partial charge in [-0.3, -0.25) is 4.55 Å². The molecule has 7 nitrogen and oxygen atoms in total. The third-order valence-corrected chi connectivity index (χ3v) is 8.40. The number of ether oxygens (including phenoxy) is 2. The summed E-state index contributed by atoms with van der Waals surface area (Å²) in [7, 11) is -4.76. The Morgan fingerprint density at radius 3 is 1.48 bits per heavy atom. The van der Waals surface area contributed by atoms with Crippen LogP contribution in [0.3, 0.4) is 0 Å². The maximum Gasteiger partial charge on any atom is 0.340 e. The number of benzene rings is 1. The van der Waals surface area contributed by atoms with Gasteiger partial charge in [0.05, 0.1) is 24.3 Å². The van der Waals surface area contributed by atoms with Crippen LogP contribution in [0, 0.1) is 0 Å². The van der Waals surface area contributed by atoms with Crippen LogP contribution in [0.2, 0.25) is 0 Å². The zero-order chi connectivity index (χ0) is 32.3. The fraction of sp³-hybridized carbons (Fsp3) is 0.667. The summed E-state index contributed by atoms with van der Waals surface area (Å²) < 4.78 is 44.4. The summed E-state index contributed by atoms with van der Waals surface area (Å²) in [5, 5.41) is 0. The minimum absolute atomic E-state index is 0.0996. The fourth-order valence-corrected chi connectivity index (χ4v) is 5.57. The first-order chi connectivity index (χ1) is 21.3. The maximum absolute atomic E-state index is 12.9. The van der Waals surface area contributed by atoms with Gasteiger partial charge in [-0.1, -0.05) is 121 Å². The zero-order valence-electron chi connectivity index (χ0n) is 27.4. The van der Waals surface area contributed by atoms with Crippen molar-refractivity contribution in [3.05, 3.63) is 53.6 Å². The maximum atomic E-state index is 12.9. The van der Waals surface area contributed by atoms with E-state index in [9.17, 15) is 22.6 Å². The summed E-state index contributed by atoms with van der Waals surface area (Å²) in [6.45, 7) is 4.66. The predicted octanol–water partition coefficient (Wildman–Crippen LogP) is 10.2. The van der Waals surface area contributed by atoms with E-state index < -0.39 is 32.5 Å². The Balaban J connectivity index is 2.42. The Kier molecular flexibility index (Phi) is 23.2. The van der Waals surface area contributed by atoms with E-state index in [1.807, 2.05) is 0 Å². The highest BCUT2D eigenvalue weighted by molar-refractivity contribution is 7.86.